The summed E-state index contributed by atoms with van der Waals surface area (Å²) in [5.41, 5.74) is -1.76. The van der Waals surface area contributed by atoms with E-state index in [1.807, 2.05) is 0 Å². The number of sulfone groups is 1. The molecule has 0 aliphatic rings. The van der Waals surface area contributed by atoms with E-state index in [1.165, 1.54) is 12.1 Å². The number of esters is 1. The molecule has 0 fully saturated rings. The van der Waals surface area contributed by atoms with Gasteiger partial charge >= 0.3 is 12.1 Å². The van der Waals surface area contributed by atoms with Gasteiger partial charge in [0.25, 0.3) is 5.69 Å². The molecule has 0 N–H and O–H groups in total. The molecule has 0 radical (unpaired) electrons. The highest BCUT2D eigenvalue weighted by Crippen LogP contribution is 2.32. The first-order valence-corrected chi connectivity index (χ1v) is 10.7. The Kier molecular flexibility index (Phi) is 6.90. The van der Waals surface area contributed by atoms with Crippen LogP contribution in [0.1, 0.15) is 15.9 Å². The molecule has 0 bridgehead atoms. The summed E-state index contributed by atoms with van der Waals surface area (Å²) < 4.78 is 66.1. The molecule has 7 nitrogen and oxygen atoms in total. The third kappa shape index (κ3) is 6.19. The maximum atomic E-state index is 12.7. The Balaban J connectivity index is 2.00. The van der Waals surface area contributed by atoms with Crippen molar-refractivity contribution in [1.82, 2.24) is 0 Å². The summed E-state index contributed by atoms with van der Waals surface area (Å²) in [7, 11) is -3.86. The highest BCUT2D eigenvalue weighted by molar-refractivity contribution is 7.99. The lowest BCUT2D eigenvalue weighted by atomic mass is 10.2. The molecule has 0 amide bonds. The van der Waals surface area contributed by atoms with E-state index in [4.69, 9.17) is 4.74 Å². The number of hydrogen-bond donors (Lipinski definition) is 0. The second-order valence-corrected chi connectivity index (χ2v) is 8.87. The van der Waals surface area contributed by atoms with Crippen molar-refractivity contribution in [2.75, 3.05) is 18.6 Å². The lowest BCUT2D eigenvalue weighted by molar-refractivity contribution is -0.387. The Morgan fingerprint density at radius 3 is 2.48 bits per heavy atom. The molecule has 0 aliphatic heterocycles. The molecular weight excluding hydrogens is 435 g/mol. The quantitative estimate of drug-likeness (QED) is 0.207. The Morgan fingerprint density at radius 1 is 1.21 bits per heavy atom. The standard InChI is InChI=1S/C17H14F3NO6S2/c1-29(25,26)15-6-5-11(9-14(15)21(23)24)16(22)27-7-8-28-13-4-2-3-12(10-13)17(18,19)20/h2-6,9-10H,7-8H2,1H3. The second-order valence-electron chi connectivity index (χ2n) is 5.72. The van der Waals surface area contributed by atoms with Gasteiger partial charge in [-0.1, -0.05) is 6.07 Å². The highest BCUT2D eigenvalue weighted by atomic mass is 32.2. The van der Waals surface area contributed by atoms with Crippen molar-refractivity contribution in [2.45, 2.75) is 16.0 Å². The molecule has 2 aromatic rings. The molecule has 0 heterocycles. The van der Waals surface area contributed by atoms with Gasteiger partial charge in [0.2, 0.25) is 0 Å². The summed E-state index contributed by atoms with van der Waals surface area (Å²) in [4.78, 5) is 22.0. The first-order valence-electron chi connectivity index (χ1n) is 7.85. The fourth-order valence-corrected chi connectivity index (χ4v) is 3.86. The van der Waals surface area contributed by atoms with Crippen molar-refractivity contribution in [3.8, 4) is 0 Å². The number of alkyl halides is 3. The molecule has 12 heteroatoms. The van der Waals surface area contributed by atoms with Gasteiger partial charge in [-0.05, 0) is 30.3 Å². The fourth-order valence-electron chi connectivity index (χ4n) is 2.24. The molecule has 0 atom stereocenters. The summed E-state index contributed by atoms with van der Waals surface area (Å²) in [5.74, 6) is -0.769. The van der Waals surface area contributed by atoms with Crippen molar-refractivity contribution >= 4 is 33.3 Å². The smallest absolute Gasteiger partial charge is 0.416 e. The van der Waals surface area contributed by atoms with Gasteiger partial charge in [-0.15, -0.1) is 11.8 Å². The van der Waals surface area contributed by atoms with E-state index in [0.29, 0.717) is 4.90 Å². The minimum atomic E-state index is -4.46. The maximum Gasteiger partial charge on any atom is 0.416 e. The second kappa shape index (κ2) is 8.82. The van der Waals surface area contributed by atoms with Gasteiger partial charge in [-0.2, -0.15) is 13.2 Å². The Hall–Kier alpha value is -2.60. The van der Waals surface area contributed by atoms with Crippen LogP contribution in [0.15, 0.2) is 52.3 Å². The molecule has 0 saturated heterocycles. The fraction of sp³-hybridized carbons (Fsp3) is 0.235. The lowest BCUT2D eigenvalue weighted by Crippen LogP contribution is -2.10. The molecule has 29 heavy (non-hydrogen) atoms. The van der Waals surface area contributed by atoms with Crippen LogP contribution in [-0.2, 0) is 20.8 Å². The number of nitro benzene ring substituents is 1. The summed E-state index contributed by atoms with van der Waals surface area (Å²) >= 11 is 1.04. The zero-order valence-corrected chi connectivity index (χ0v) is 16.4. The van der Waals surface area contributed by atoms with Crippen LogP contribution >= 0.6 is 11.8 Å². The van der Waals surface area contributed by atoms with Crippen LogP contribution in [0, 0.1) is 10.1 Å². The number of benzene rings is 2. The van der Waals surface area contributed by atoms with E-state index in [9.17, 15) is 36.5 Å². The SMILES string of the molecule is CS(=O)(=O)c1ccc(C(=O)OCCSc2cccc(C(F)(F)F)c2)cc1[N+](=O)[O-]. The van der Waals surface area contributed by atoms with E-state index in [1.54, 1.807) is 0 Å². The van der Waals surface area contributed by atoms with Gasteiger partial charge in [0.05, 0.1) is 16.1 Å². The van der Waals surface area contributed by atoms with E-state index in [0.717, 1.165) is 48.3 Å². The number of carbonyl (C=O) groups excluding carboxylic acids is 1. The van der Waals surface area contributed by atoms with Gasteiger partial charge in [0, 0.05) is 23.0 Å². The average molecular weight is 449 g/mol. The number of nitro groups is 1. The van der Waals surface area contributed by atoms with Crippen molar-refractivity contribution in [2.24, 2.45) is 0 Å². The molecular formula is C17H14F3NO6S2. The van der Waals surface area contributed by atoms with Crippen LogP contribution in [0.3, 0.4) is 0 Å². The third-order valence-corrected chi connectivity index (χ3v) is 5.64. The van der Waals surface area contributed by atoms with Crippen LogP contribution in [0.5, 0.6) is 0 Å². The number of ether oxygens (including phenoxy) is 1. The Morgan fingerprint density at radius 2 is 1.90 bits per heavy atom. The predicted molar refractivity (Wildman–Crippen MR) is 98.7 cm³/mol. The van der Waals surface area contributed by atoms with E-state index in [2.05, 4.69) is 0 Å². The van der Waals surface area contributed by atoms with Crippen molar-refractivity contribution < 1.29 is 36.0 Å². The molecule has 0 spiro atoms. The van der Waals surface area contributed by atoms with Gasteiger partial charge in [-0.3, -0.25) is 10.1 Å². The zero-order valence-electron chi connectivity index (χ0n) is 14.8. The van der Waals surface area contributed by atoms with Crippen molar-refractivity contribution in [1.29, 1.82) is 0 Å². The molecule has 0 aliphatic carbocycles. The first-order chi connectivity index (χ1) is 13.4. The van der Waals surface area contributed by atoms with Crippen LogP contribution in [-0.4, -0.2) is 37.9 Å². The summed E-state index contributed by atoms with van der Waals surface area (Å²) in [5, 5.41) is 11.1. The summed E-state index contributed by atoms with van der Waals surface area (Å²) in [6, 6.07) is 7.50. The number of hydrogen-bond acceptors (Lipinski definition) is 7. The number of rotatable bonds is 7. The van der Waals surface area contributed by atoms with E-state index in [-0.39, 0.29) is 17.9 Å². The van der Waals surface area contributed by atoms with Crippen molar-refractivity contribution in [3.05, 3.63) is 63.7 Å². The third-order valence-electron chi connectivity index (χ3n) is 3.54. The van der Waals surface area contributed by atoms with Gasteiger partial charge < -0.3 is 4.74 Å². The Bertz CT molecular complexity index is 1040. The lowest BCUT2D eigenvalue weighted by Gasteiger charge is -2.09. The first kappa shape index (κ1) is 22.7. The molecule has 0 aromatic heterocycles. The molecule has 0 unspecified atom stereocenters. The van der Waals surface area contributed by atoms with E-state index < -0.39 is 43.1 Å². The monoisotopic (exact) mass is 449 g/mol. The summed E-state index contributed by atoms with van der Waals surface area (Å²) in [6.07, 6.45) is -3.66. The van der Waals surface area contributed by atoms with Crippen molar-refractivity contribution in [3.63, 3.8) is 0 Å². The molecule has 2 rings (SSSR count). The largest absolute Gasteiger partial charge is 0.461 e. The number of nitrogens with zero attached hydrogens (tertiary/aromatic N) is 1. The number of halogens is 3. The molecule has 0 saturated carbocycles. The van der Waals surface area contributed by atoms with Crippen LogP contribution in [0.2, 0.25) is 0 Å². The topological polar surface area (TPSA) is 104 Å². The van der Waals surface area contributed by atoms with Crippen LogP contribution in [0.4, 0.5) is 18.9 Å². The predicted octanol–water partition coefficient (Wildman–Crippen LogP) is 3.97. The number of carbonyl (C=O) groups is 1. The van der Waals surface area contributed by atoms with Gasteiger partial charge in [-0.25, -0.2) is 13.2 Å². The number of thioether (sulfide) groups is 1. The van der Waals surface area contributed by atoms with E-state index >= 15 is 0 Å². The highest BCUT2D eigenvalue weighted by Gasteiger charge is 2.30. The minimum Gasteiger partial charge on any atom is -0.461 e. The Labute approximate surface area is 167 Å². The maximum absolute atomic E-state index is 12.7. The normalized spacial score (nSPS) is 11.9. The summed E-state index contributed by atoms with van der Waals surface area (Å²) in [6.45, 7) is -0.165. The van der Waals surface area contributed by atoms with Gasteiger partial charge in [0.1, 0.15) is 11.5 Å². The van der Waals surface area contributed by atoms with Crippen LogP contribution in [0.25, 0.3) is 0 Å². The zero-order chi connectivity index (χ0) is 21.8. The minimum absolute atomic E-state index is 0.149. The average Bonchev–Trinajstić information content (AvgIpc) is 2.63. The molecule has 156 valence electrons. The molecule has 2 aromatic carbocycles. The van der Waals surface area contributed by atoms with Gasteiger partial charge in [0.15, 0.2) is 9.84 Å². The van der Waals surface area contributed by atoms with Crippen LogP contribution < -0.4 is 0 Å².